The fourth-order valence-corrected chi connectivity index (χ4v) is 1.61. The van der Waals surface area contributed by atoms with Crippen LogP contribution < -0.4 is 0 Å². The summed E-state index contributed by atoms with van der Waals surface area (Å²) >= 11 is 0. The molecule has 0 aromatic rings. The minimum atomic E-state index is -0.0906. The monoisotopic (exact) mass is 199 g/mol. The van der Waals surface area contributed by atoms with Gasteiger partial charge < -0.3 is 4.74 Å². The van der Waals surface area contributed by atoms with Crippen molar-refractivity contribution in [3.63, 3.8) is 0 Å². The SMILES string of the molecule is CCCCN(CCC(=O)OC)C1CC1. The van der Waals surface area contributed by atoms with E-state index < -0.39 is 0 Å². The van der Waals surface area contributed by atoms with Crippen molar-refractivity contribution in [1.82, 2.24) is 4.90 Å². The van der Waals surface area contributed by atoms with E-state index in [4.69, 9.17) is 0 Å². The third-order valence-electron chi connectivity index (χ3n) is 2.69. The maximum absolute atomic E-state index is 11.0. The van der Waals surface area contributed by atoms with Crippen molar-refractivity contribution in [2.75, 3.05) is 20.2 Å². The number of nitrogens with zero attached hydrogens (tertiary/aromatic N) is 1. The van der Waals surface area contributed by atoms with Crippen LogP contribution in [0.4, 0.5) is 0 Å². The van der Waals surface area contributed by atoms with Gasteiger partial charge in [-0.3, -0.25) is 9.69 Å². The fraction of sp³-hybridized carbons (Fsp3) is 0.909. The molecule has 1 fully saturated rings. The number of rotatable bonds is 7. The molecule has 1 aliphatic rings. The number of ether oxygens (including phenoxy) is 1. The van der Waals surface area contributed by atoms with Crippen LogP contribution in [-0.2, 0) is 9.53 Å². The molecule has 0 heterocycles. The Bertz CT molecular complexity index is 178. The molecule has 0 aromatic heterocycles. The number of unbranched alkanes of at least 4 members (excludes halogenated alkanes) is 1. The van der Waals surface area contributed by atoms with Gasteiger partial charge in [-0.25, -0.2) is 0 Å². The molecule has 3 heteroatoms. The lowest BCUT2D eigenvalue weighted by atomic mass is 10.3. The Morgan fingerprint density at radius 1 is 1.43 bits per heavy atom. The summed E-state index contributed by atoms with van der Waals surface area (Å²) in [5.74, 6) is -0.0906. The molecule has 0 unspecified atom stereocenters. The van der Waals surface area contributed by atoms with Gasteiger partial charge in [0.25, 0.3) is 0 Å². The van der Waals surface area contributed by atoms with E-state index in [1.165, 1.54) is 32.8 Å². The number of carbonyl (C=O) groups is 1. The molecular formula is C11H21NO2. The highest BCUT2D eigenvalue weighted by Crippen LogP contribution is 2.27. The lowest BCUT2D eigenvalue weighted by Gasteiger charge is -2.20. The molecule has 1 aliphatic carbocycles. The number of hydrogen-bond acceptors (Lipinski definition) is 3. The number of esters is 1. The molecule has 0 saturated heterocycles. The van der Waals surface area contributed by atoms with Crippen LogP contribution in [0.1, 0.15) is 39.0 Å². The molecule has 0 aliphatic heterocycles. The van der Waals surface area contributed by atoms with Crippen molar-refractivity contribution in [3.8, 4) is 0 Å². The largest absolute Gasteiger partial charge is 0.469 e. The van der Waals surface area contributed by atoms with Gasteiger partial charge in [-0.2, -0.15) is 0 Å². The molecular weight excluding hydrogens is 178 g/mol. The molecule has 0 spiro atoms. The van der Waals surface area contributed by atoms with Gasteiger partial charge in [0.05, 0.1) is 13.5 Å². The van der Waals surface area contributed by atoms with Gasteiger partial charge in [-0.05, 0) is 25.8 Å². The van der Waals surface area contributed by atoms with Crippen LogP contribution in [0.25, 0.3) is 0 Å². The second-order valence-corrected chi connectivity index (χ2v) is 3.95. The molecule has 0 atom stereocenters. The summed E-state index contributed by atoms with van der Waals surface area (Å²) in [6.07, 6.45) is 5.62. The first-order valence-corrected chi connectivity index (χ1v) is 5.58. The van der Waals surface area contributed by atoms with Gasteiger partial charge in [0.15, 0.2) is 0 Å². The van der Waals surface area contributed by atoms with E-state index in [0.29, 0.717) is 6.42 Å². The summed E-state index contributed by atoms with van der Waals surface area (Å²) in [6.45, 7) is 4.21. The Labute approximate surface area is 86.4 Å². The molecule has 1 saturated carbocycles. The first-order valence-electron chi connectivity index (χ1n) is 5.58. The predicted molar refractivity (Wildman–Crippen MR) is 56.1 cm³/mol. The summed E-state index contributed by atoms with van der Waals surface area (Å²) in [7, 11) is 1.45. The average Bonchev–Trinajstić information content (AvgIpc) is 3.01. The summed E-state index contributed by atoms with van der Waals surface area (Å²) in [5.41, 5.74) is 0. The van der Waals surface area contributed by atoms with Gasteiger partial charge in [-0.15, -0.1) is 0 Å². The highest BCUT2D eigenvalue weighted by Gasteiger charge is 2.28. The minimum absolute atomic E-state index is 0.0906. The molecule has 0 amide bonds. The topological polar surface area (TPSA) is 29.5 Å². The number of carbonyl (C=O) groups excluding carboxylic acids is 1. The normalized spacial score (nSPS) is 15.9. The maximum Gasteiger partial charge on any atom is 0.306 e. The summed E-state index contributed by atoms with van der Waals surface area (Å²) in [5, 5.41) is 0. The second-order valence-electron chi connectivity index (χ2n) is 3.95. The summed E-state index contributed by atoms with van der Waals surface area (Å²) in [4.78, 5) is 13.4. The van der Waals surface area contributed by atoms with Crippen molar-refractivity contribution in [2.24, 2.45) is 0 Å². The van der Waals surface area contributed by atoms with E-state index in [9.17, 15) is 4.79 Å². The maximum atomic E-state index is 11.0. The molecule has 0 bridgehead atoms. The van der Waals surface area contributed by atoms with Crippen LogP contribution >= 0.6 is 0 Å². The molecule has 3 nitrogen and oxygen atoms in total. The summed E-state index contributed by atoms with van der Waals surface area (Å²) < 4.78 is 4.64. The van der Waals surface area contributed by atoms with Crippen LogP contribution in [0.15, 0.2) is 0 Å². The fourth-order valence-electron chi connectivity index (χ4n) is 1.61. The van der Waals surface area contributed by atoms with E-state index in [0.717, 1.165) is 19.1 Å². The minimum Gasteiger partial charge on any atom is -0.469 e. The van der Waals surface area contributed by atoms with Crippen molar-refractivity contribution in [1.29, 1.82) is 0 Å². The van der Waals surface area contributed by atoms with E-state index in [2.05, 4.69) is 16.6 Å². The molecule has 82 valence electrons. The smallest absolute Gasteiger partial charge is 0.306 e. The number of hydrogen-bond donors (Lipinski definition) is 0. The lowest BCUT2D eigenvalue weighted by molar-refractivity contribution is -0.141. The van der Waals surface area contributed by atoms with Crippen molar-refractivity contribution in [2.45, 2.75) is 45.1 Å². The average molecular weight is 199 g/mol. The standard InChI is InChI=1S/C11H21NO2/c1-3-4-8-12(10-5-6-10)9-7-11(13)14-2/h10H,3-9H2,1-2H3. The van der Waals surface area contributed by atoms with Gasteiger partial charge in [0.1, 0.15) is 0 Å². The van der Waals surface area contributed by atoms with Crippen LogP contribution in [0.3, 0.4) is 0 Å². The van der Waals surface area contributed by atoms with Crippen LogP contribution in [0, 0.1) is 0 Å². The highest BCUT2D eigenvalue weighted by atomic mass is 16.5. The molecule has 1 rings (SSSR count). The van der Waals surface area contributed by atoms with E-state index in [-0.39, 0.29) is 5.97 Å². The van der Waals surface area contributed by atoms with E-state index in [1.54, 1.807) is 0 Å². The number of methoxy groups -OCH3 is 1. The second kappa shape index (κ2) is 6.02. The van der Waals surface area contributed by atoms with E-state index in [1.807, 2.05) is 0 Å². The lowest BCUT2D eigenvalue weighted by Crippen LogP contribution is -2.29. The van der Waals surface area contributed by atoms with E-state index >= 15 is 0 Å². The van der Waals surface area contributed by atoms with Gasteiger partial charge >= 0.3 is 5.97 Å². The Morgan fingerprint density at radius 2 is 2.14 bits per heavy atom. The third-order valence-corrected chi connectivity index (χ3v) is 2.69. The Kier molecular flexibility index (Phi) is 4.94. The van der Waals surface area contributed by atoms with Crippen LogP contribution in [0.5, 0.6) is 0 Å². The molecule has 0 radical (unpaired) electrons. The van der Waals surface area contributed by atoms with Crippen molar-refractivity contribution >= 4 is 5.97 Å². The highest BCUT2D eigenvalue weighted by molar-refractivity contribution is 5.69. The molecule has 0 aromatic carbocycles. The Balaban J connectivity index is 2.17. The first-order chi connectivity index (χ1) is 6.77. The zero-order valence-electron chi connectivity index (χ0n) is 9.29. The van der Waals surface area contributed by atoms with Gasteiger partial charge in [-0.1, -0.05) is 13.3 Å². The molecule has 14 heavy (non-hydrogen) atoms. The Hall–Kier alpha value is -0.570. The zero-order chi connectivity index (χ0) is 10.4. The Morgan fingerprint density at radius 3 is 2.64 bits per heavy atom. The van der Waals surface area contributed by atoms with Gasteiger partial charge in [0.2, 0.25) is 0 Å². The van der Waals surface area contributed by atoms with Crippen LogP contribution in [0.2, 0.25) is 0 Å². The van der Waals surface area contributed by atoms with Crippen molar-refractivity contribution < 1.29 is 9.53 Å². The summed E-state index contributed by atoms with van der Waals surface area (Å²) in [6, 6.07) is 0.756. The first kappa shape index (κ1) is 11.5. The van der Waals surface area contributed by atoms with Crippen LogP contribution in [-0.4, -0.2) is 37.1 Å². The van der Waals surface area contributed by atoms with Gasteiger partial charge in [0, 0.05) is 12.6 Å². The quantitative estimate of drug-likeness (QED) is 0.586. The zero-order valence-corrected chi connectivity index (χ0v) is 9.29. The third kappa shape index (κ3) is 4.09. The predicted octanol–water partition coefficient (Wildman–Crippen LogP) is 1.81. The molecule has 0 N–H and O–H groups in total. The van der Waals surface area contributed by atoms with Crippen molar-refractivity contribution in [3.05, 3.63) is 0 Å².